The SMILES string of the molecule is CC(=O)c1c(C)nc2ccc(F)cn12.CCCCCC(CCC)c1ccc(OC(F)(F)F)cc1.CCCc1ccc(C)c(F)c1. The molecule has 2 heterocycles. The monoisotopic (exact) mass is 632 g/mol. The molecule has 0 spiro atoms. The van der Waals surface area contributed by atoms with Gasteiger partial charge in [-0.2, -0.15) is 0 Å². The molecule has 1 unspecified atom stereocenters. The van der Waals surface area contributed by atoms with E-state index in [4.69, 9.17) is 0 Å². The van der Waals surface area contributed by atoms with E-state index in [-0.39, 0.29) is 23.2 Å². The van der Waals surface area contributed by atoms with E-state index >= 15 is 0 Å². The van der Waals surface area contributed by atoms with E-state index in [0.29, 0.717) is 23.0 Å². The van der Waals surface area contributed by atoms with Crippen LogP contribution in [0.5, 0.6) is 5.75 Å². The average molecular weight is 633 g/mol. The first-order valence-corrected chi connectivity index (χ1v) is 15.5. The van der Waals surface area contributed by atoms with Crippen LogP contribution >= 0.6 is 0 Å². The number of imidazole rings is 1. The van der Waals surface area contributed by atoms with Crippen LogP contribution in [0.3, 0.4) is 0 Å². The van der Waals surface area contributed by atoms with Gasteiger partial charge in [0.25, 0.3) is 0 Å². The fourth-order valence-corrected chi connectivity index (χ4v) is 5.05. The highest BCUT2D eigenvalue weighted by Crippen LogP contribution is 2.30. The van der Waals surface area contributed by atoms with Crippen molar-refractivity contribution in [2.75, 3.05) is 0 Å². The van der Waals surface area contributed by atoms with Gasteiger partial charge in [-0.25, -0.2) is 13.8 Å². The lowest BCUT2D eigenvalue weighted by Crippen LogP contribution is -2.17. The summed E-state index contributed by atoms with van der Waals surface area (Å²) in [6.07, 6.45) is 5.49. The summed E-state index contributed by atoms with van der Waals surface area (Å²) in [5.74, 6) is -0.287. The molecule has 4 rings (SSSR count). The summed E-state index contributed by atoms with van der Waals surface area (Å²) in [4.78, 5) is 15.4. The van der Waals surface area contributed by atoms with Crippen molar-refractivity contribution in [3.8, 4) is 5.75 Å². The van der Waals surface area contributed by atoms with Crippen molar-refractivity contribution in [2.24, 2.45) is 0 Å². The second-order valence-corrected chi connectivity index (χ2v) is 11.1. The lowest BCUT2D eigenvalue weighted by molar-refractivity contribution is -0.274. The molecular formula is C36H45F5N2O2. The Labute approximate surface area is 263 Å². The maximum atomic E-state index is 12.9. The number of hydrogen-bond donors (Lipinski definition) is 0. The first kappa shape index (κ1) is 37.4. The number of ketones is 1. The zero-order valence-electron chi connectivity index (χ0n) is 27.1. The third-order valence-electron chi connectivity index (χ3n) is 7.24. The molecule has 2 aromatic carbocycles. The van der Waals surface area contributed by atoms with E-state index in [9.17, 15) is 26.7 Å². The number of benzene rings is 2. The summed E-state index contributed by atoms with van der Waals surface area (Å²) < 4.78 is 67.5. The molecule has 45 heavy (non-hydrogen) atoms. The largest absolute Gasteiger partial charge is 0.573 e. The van der Waals surface area contributed by atoms with E-state index in [1.54, 1.807) is 38.1 Å². The van der Waals surface area contributed by atoms with Gasteiger partial charge < -0.3 is 4.74 Å². The highest BCUT2D eigenvalue weighted by Gasteiger charge is 2.31. The summed E-state index contributed by atoms with van der Waals surface area (Å²) in [7, 11) is 0. The summed E-state index contributed by atoms with van der Waals surface area (Å²) in [5.41, 5.74) is 4.59. The molecule has 0 N–H and O–H groups in total. The molecule has 0 aliphatic carbocycles. The van der Waals surface area contributed by atoms with E-state index in [1.165, 1.54) is 55.0 Å². The first-order valence-electron chi connectivity index (χ1n) is 15.5. The average Bonchev–Trinajstić information content (AvgIpc) is 3.30. The zero-order chi connectivity index (χ0) is 33.6. The van der Waals surface area contributed by atoms with Gasteiger partial charge in [0, 0.05) is 13.1 Å². The number of carbonyl (C=O) groups is 1. The maximum Gasteiger partial charge on any atom is 0.573 e. The standard InChI is InChI=1S/C16H23F3O.C10H9FN2O.C10H13F/c1-3-5-6-8-13(7-4-2)14-9-11-15(12-10-14)20-16(17,18)19;1-6-10(7(2)14)13-5-8(11)3-4-9(13)12-6;1-3-4-9-6-5-8(2)10(11)7-9/h9-13H,3-8H2,1-2H3;3-5H,1-2H3;5-7H,3-4H2,1-2H3. The van der Waals surface area contributed by atoms with Crippen LogP contribution in [-0.4, -0.2) is 21.5 Å². The summed E-state index contributed by atoms with van der Waals surface area (Å²) >= 11 is 0. The Morgan fingerprint density at radius 3 is 2.13 bits per heavy atom. The predicted octanol–water partition coefficient (Wildman–Crippen LogP) is 11.1. The van der Waals surface area contributed by atoms with Crippen LogP contribution in [0, 0.1) is 25.5 Å². The summed E-state index contributed by atoms with van der Waals surface area (Å²) in [6.45, 7) is 11.4. The van der Waals surface area contributed by atoms with Gasteiger partial charge in [0.2, 0.25) is 0 Å². The number of carbonyl (C=O) groups excluding carboxylic acids is 1. The van der Waals surface area contributed by atoms with Crippen LogP contribution in [0.15, 0.2) is 60.8 Å². The lowest BCUT2D eigenvalue weighted by Gasteiger charge is -2.17. The van der Waals surface area contributed by atoms with Gasteiger partial charge in [-0.15, -0.1) is 13.2 Å². The minimum Gasteiger partial charge on any atom is -0.406 e. The van der Waals surface area contributed by atoms with Gasteiger partial charge in [-0.3, -0.25) is 9.20 Å². The second-order valence-electron chi connectivity index (χ2n) is 11.1. The van der Waals surface area contributed by atoms with E-state index < -0.39 is 6.36 Å². The maximum absolute atomic E-state index is 12.9. The minimum absolute atomic E-state index is 0.0871. The predicted molar refractivity (Wildman–Crippen MR) is 170 cm³/mol. The quantitative estimate of drug-likeness (QED) is 0.0939. The molecule has 4 aromatic rings. The van der Waals surface area contributed by atoms with Crippen LogP contribution in [0.25, 0.3) is 5.65 Å². The Balaban J connectivity index is 0.000000246. The van der Waals surface area contributed by atoms with Crippen molar-refractivity contribution in [2.45, 2.75) is 105 Å². The van der Waals surface area contributed by atoms with E-state index in [2.05, 4.69) is 30.5 Å². The Bertz CT molecular complexity index is 1480. The Morgan fingerprint density at radius 1 is 0.889 bits per heavy atom. The minimum atomic E-state index is -4.62. The van der Waals surface area contributed by atoms with Crippen LogP contribution in [0.4, 0.5) is 22.0 Å². The fourth-order valence-electron chi connectivity index (χ4n) is 5.05. The van der Waals surface area contributed by atoms with E-state index in [1.807, 2.05) is 12.1 Å². The number of pyridine rings is 1. The molecule has 0 radical (unpaired) electrons. The Kier molecular flexibility index (Phi) is 15.2. The van der Waals surface area contributed by atoms with Crippen molar-refractivity contribution in [3.05, 3.63) is 101 Å². The molecule has 0 saturated carbocycles. The Hall–Kier alpha value is -3.75. The third kappa shape index (κ3) is 12.6. The number of aryl methyl sites for hydroxylation is 3. The normalized spacial score (nSPS) is 11.7. The number of hydrogen-bond acceptors (Lipinski definition) is 3. The number of fused-ring (bicyclic) bond motifs is 1. The molecule has 246 valence electrons. The van der Waals surface area contributed by atoms with Crippen LogP contribution in [-0.2, 0) is 6.42 Å². The number of Topliss-reactive ketones (excluding diaryl/α,β-unsaturated/α-hetero) is 1. The summed E-state index contributed by atoms with van der Waals surface area (Å²) in [5, 5.41) is 0. The van der Waals surface area contributed by atoms with Crippen molar-refractivity contribution >= 4 is 11.4 Å². The number of halogens is 5. The summed E-state index contributed by atoms with van der Waals surface area (Å²) in [6, 6.07) is 14.7. The van der Waals surface area contributed by atoms with Crippen molar-refractivity contribution in [3.63, 3.8) is 0 Å². The zero-order valence-corrected chi connectivity index (χ0v) is 27.1. The van der Waals surface area contributed by atoms with Crippen LogP contribution in [0.2, 0.25) is 0 Å². The molecule has 0 saturated heterocycles. The van der Waals surface area contributed by atoms with Gasteiger partial charge in [-0.05, 0) is 86.1 Å². The molecule has 0 aliphatic heterocycles. The number of ether oxygens (including phenoxy) is 1. The molecule has 0 amide bonds. The van der Waals surface area contributed by atoms with E-state index in [0.717, 1.165) is 48.8 Å². The van der Waals surface area contributed by atoms with Gasteiger partial charge in [0.05, 0.1) is 5.69 Å². The second kappa shape index (κ2) is 18.3. The number of aromatic nitrogens is 2. The molecule has 9 heteroatoms. The van der Waals surface area contributed by atoms with Gasteiger partial charge >= 0.3 is 6.36 Å². The number of alkyl halides is 3. The van der Waals surface area contributed by atoms with Crippen molar-refractivity contribution < 1.29 is 31.5 Å². The lowest BCUT2D eigenvalue weighted by atomic mass is 9.89. The number of unbranched alkanes of at least 4 members (excludes halogenated alkanes) is 2. The molecule has 0 bridgehead atoms. The smallest absolute Gasteiger partial charge is 0.406 e. The number of nitrogens with zero attached hydrogens (tertiary/aromatic N) is 2. The number of rotatable bonds is 11. The molecule has 1 atom stereocenters. The molecule has 0 fully saturated rings. The molecule has 0 aliphatic rings. The van der Waals surface area contributed by atoms with Gasteiger partial charge in [0.15, 0.2) is 5.78 Å². The molecule has 4 nitrogen and oxygen atoms in total. The fraction of sp³-hybridized carbons (Fsp3) is 0.444. The topological polar surface area (TPSA) is 43.6 Å². The van der Waals surface area contributed by atoms with Gasteiger partial charge in [-0.1, -0.05) is 77.1 Å². The van der Waals surface area contributed by atoms with Crippen LogP contribution < -0.4 is 4.74 Å². The Morgan fingerprint density at radius 2 is 1.58 bits per heavy atom. The molecule has 2 aromatic heterocycles. The first-order chi connectivity index (χ1) is 21.3. The van der Waals surface area contributed by atoms with Gasteiger partial charge in [0.1, 0.15) is 28.7 Å². The highest BCUT2D eigenvalue weighted by molar-refractivity contribution is 5.94. The van der Waals surface area contributed by atoms with Crippen molar-refractivity contribution in [1.82, 2.24) is 9.38 Å². The van der Waals surface area contributed by atoms with Crippen molar-refractivity contribution in [1.29, 1.82) is 0 Å². The third-order valence-corrected chi connectivity index (χ3v) is 7.24. The molecular weight excluding hydrogens is 587 g/mol. The highest BCUT2D eigenvalue weighted by atomic mass is 19.4. The van der Waals surface area contributed by atoms with Crippen LogP contribution in [0.1, 0.15) is 111 Å².